The van der Waals surface area contributed by atoms with Gasteiger partial charge in [0, 0.05) is 0 Å². The third-order valence-electron chi connectivity index (χ3n) is 1.56. The number of hydrogen-bond acceptors (Lipinski definition) is 2. The quantitative estimate of drug-likeness (QED) is 0.394. The van der Waals surface area contributed by atoms with Crippen LogP contribution in [-0.2, 0) is 0 Å². The van der Waals surface area contributed by atoms with E-state index in [1.54, 1.807) is 0 Å². The van der Waals surface area contributed by atoms with Gasteiger partial charge >= 0.3 is 66.1 Å². The van der Waals surface area contributed by atoms with Crippen LogP contribution < -0.4 is 26.5 Å². The molecule has 0 bridgehead atoms. The molecule has 56 valence electrons. The Bertz CT molecular complexity index is 70.7. The fourth-order valence-corrected chi connectivity index (χ4v) is 3.10. The zero-order chi connectivity index (χ0) is 6.53. The topological polar surface area (TPSA) is 32.3 Å². The number of alkyl halides is 2. The normalized spacial score (nSPS) is 22.8. The Labute approximate surface area is 66.3 Å². The second kappa shape index (κ2) is 4.46. The number of halogens is 1. The van der Waals surface area contributed by atoms with Crippen LogP contribution in [0.5, 0.6) is 0 Å². The molecule has 0 saturated carbocycles. The average Bonchev–Trinajstić information content (AvgIpc) is 1.91. The number of hydrogen-bond donors (Lipinski definition) is 2. The van der Waals surface area contributed by atoms with Crippen LogP contribution in [0, 0.1) is 0 Å². The first kappa shape index (κ1) is 7.75. The molecular weight excluding hydrogens is 229 g/mol. The SMILES string of the molecule is OC[I-]C1CCNCC1. The number of nitrogens with one attached hydrogen (secondary N) is 1. The van der Waals surface area contributed by atoms with E-state index >= 15 is 0 Å². The van der Waals surface area contributed by atoms with Gasteiger partial charge in [-0.2, -0.15) is 0 Å². The Hall–Kier alpha value is 0.650. The summed E-state index contributed by atoms with van der Waals surface area (Å²) in [5.41, 5.74) is 0. The summed E-state index contributed by atoms with van der Waals surface area (Å²) in [4.78, 5) is 0. The van der Waals surface area contributed by atoms with Crippen LogP contribution in [0.15, 0.2) is 0 Å². The molecule has 1 saturated heterocycles. The number of aliphatic hydroxyl groups is 1. The summed E-state index contributed by atoms with van der Waals surface area (Å²) in [6.07, 6.45) is 2.60. The molecule has 0 radical (unpaired) electrons. The van der Waals surface area contributed by atoms with E-state index in [1.807, 2.05) is 0 Å². The molecule has 0 aliphatic carbocycles. The Morgan fingerprint density at radius 1 is 1.44 bits per heavy atom. The van der Waals surface area contributed by atoms with Crippen molar-refractivity contribution in [3.63, 3.8) is 0 Å². The molecule has 0 unspecified atom stereocenters. The second-order valence-corrected chi connectivity index (χ2v) is 5.52. The van der Waals surface area contributed by atoms with Crippen LogP contribution in [0.2, 0.25) is 0 Å². The van der Waals surface area contributed by atoms with Gasteiger partial charge in [0.2, 0.25) is 0 Å². The predicted molar refractivity (Wildman–Crippen MR) is 33.0 cm³/mol. The van der Waals surface area contributed by atoms with Gasteiger partial charge in [0.05, 0.1) is 0 Å². The van der Waals surface area contributed by atoms with Gasteiger partial charge in [-0.3, -0.25) is 0 Å². The molecule has 3 heteroatoms. The third kappa shape index (κ3) is 2.82. The molecule has 0 amide bonds. The molecule has 1 rings (SSSR count). The molecule has 1 fully saturated rings. The van der Waals surface area contributed by atoms with Crippen molar-refractivity contribution in [2.45, 2.75) is 16.8 Å². The Balaban J connectivity index is 2.08. The summed E-state index contributed by atoms with van der Waals surface area (Å²) >= 11 is 0.122. The van der Waals surface area contributed by atoms with Crippen molar-refractivity contribution in [3.05, 3.63) is 0 Å². The van der Waals surface area contributed by atoms with Crippen LogP contribution in [0.1, 0.15) is 12.8 Å². The minimum absolute atomic E-state index is 0.122. The van der Waals surface area contributed by atoms with Crippen LogP contribution in [-0.4, -0.2) is 26.7 Å². The summed E-state index contributed by atoms with van der Waals surface area (Å²) in [5, 5.41) is 12.0. The summed E-state index contributed by atoms with van der Waals surface area (Å²) in [5.74, 6) is 0. The van der Waals surface area contributed by atoms with Gasteiger partial charge in [-0.15, -0.1) is 0 Å². The number of rotatable bonds is 2. The fourth-order valence-electron chi connectivity index (χ4n) is 1.04. The van der Waals surface area contributed by atoms with Crippen molar-refractivity contribution in [1.29, 1.82) is 0 Å². The molecule has 9 heavy (non-hydrogen) atoms. The molecule has 0 atom stereocenters. The molecule has 0 aromatic carbocycles. The Morgan fingerprint density at radius 3 is 2.67 bits per heavy atom. The third-order valence-corrected chi connectivity index (χ3v) is 4.44. The van der Waals surface area contributed by atoms with E-state index in [0.717, 1.165) is 3.92 Å². The monoisotopic (exact) mass is 242 g/mol. The average molecular weight is 242 g/mol. The molecule has 0 aromatic rings. The first-order valence-electron chi connectivity index (χ1n) is 3.33. The summed E-state index contributed by atoms with van der Waals surface area (Å²) < 4.78 is 1.37. The molecule has 0 aromatic heterocycles. The zero-order valence-electron chi connectivity index (χ0n) is 5.44. The van der Waals surface area contributed by atoms with Gasteiger partial charge in [0.1, 0.15) is 0 Å². The van der Waals surface area contributed by atoms with E-state index in [1.165, 1.54) is 25.9 Å². The van der Waals surface area contributed by atoms with Crippen molar-refractivity contribution >= 4 is 0 Å². The molecule has 1 aliphatic rings. The second-order valence-electron chi connectivity index (χ2n) is 2.20. The summed E-state index contributed by atoms with van der Waals surface area (Å²) in [6.45, 7) is 2.34. The first-order valence-corrected chi connectivity index (χ1v) is 6.10. The fraction of sp³-hybridized carbons (Fsp3) is 1.00. The standard InChI is InChI=1S/C6H13INO/c9-5-7-6-1-3-8-4-2-6/h6,8-9H,1-5H2/q-1. The van der Waals surface area contributed by atoms with E-state index in [0.29, 0.717) is 4.61 Å². The molecule has 0 spiro atoms. The molecule has 2 N–H and O–H groups in total. The van der Waals surface area contributed by atoms with Gasteiger partial charge in [-0.25, -0.2) is 0 Å². The van der Waals surface area contributed by atoms with Gasteiger partial charge < -0.3 is 0 Å². The minimum atomic E-state index is 0.122. The van der Waals surface area contributed by atoms with Crippen molar-refractivity contribution < 1.29 is 26.3 Å². The number of aliphatic hydroxyl groups excluding tert-OH is 1. The van der Waals surface area contributed by atoms with E-state index in [9.17, 15) is 0 Å². The molecule has 1 aliphatic heterocycles. The van der Waals surface area contributed by atoms with Crippen molar-refractivity contribution in [2.75, 3.05) is 17.7 Å². The Kier molecular flexibility index (Phi) is 3.85. The van der Waals surface area contributed by atoms with Gasteiger partial charge in [0.25, 0.3) is 0 Å². The van der Waals surface area contributed by atoms with Crippen LogP contribution in [0.4, 0.5) is 0 Å². The van der Waals surface area contributed by atoms with E-state index in [2.05, 4.69) is 5.32 Å². The van der Waals surface area contributed by atoms with Crippen LogP contribution in [0.3, 0.4) is 0 Å². The van der Waals surface area contributed by atoms with Crippen molar-refractivity contribution in [1.82, 2.24) is 5.32 Å². The summed E-state index contributed by atoms with van der Waals surface area (Å²) in [6, 6.07) is 0. The maximum atomic E-state index is 8.65. The Morgan fingerprint density at radius 2 is 2.11 bits per heavy atom. The van der Waals surface area contributed by atoms with E-state index in [-0.39, 0.29) is 21.2 Å². The molecular formula is C6H13INO-. The van der Waals surface area contributed by atoms with Crippen molar-refractivity contribution in [3.8, 4) is 0 Å². The van der Waals surface area contributed by atoms with E-state index in [4.69, 9.17) is 5.11 Å². The molecule has 2 nitrogen and oxygen atoms in total. The zero-order valence-corrected chi connectivity index (χ0v) is 7.60. The van der Waals surface area contributed by atoms with Crippen LogP contribution >= 0.6 is 0 Å². The molecule has 1 heterocycles. The van der Waals surface area contributed by atoms with E-state index < -0.39 is 0 Å². The van der Waals surface area contributed by atoms with Crippen LogP contribution in [0.25, 0.3) is 0 Å². The van der Waals surface area contributed by atoms with Gasteiger partial charge in [-0.05, 0) is 0 Å². The predicted octanol–water partition coefficient (Wildman–Crippen LogP) is -3.22. The van der Waals surface area contributed by atoms with Gasteiger partial charge in [0.15, 0.2) is 0 Å². The first-order chi connectivity index (χ1) is 4.43. The summed E-state index contributed by atoms with van der Waals surface area (Å²) in [7, 11) is 0. The van der Waals surface area contributed by atoms with Gasteiger partial charge in [-0.1, -0.05) is 0 Å². The maximum absolute atomic E-state index is 8.65. The number of piperidine rings is 1. The van der Waals surface area contributed by atoms with Crippen molar-refractivity contribution in [2.24, 2.45) is 0 Å².